The molecule has 302 valence electrons. The number of carbonyl (C=O) groups is 2. The maximum Gasteiger partial charge on any atom is 0.257 e. The first-order valence-corrected chi connectivity index (χ1v) is 19.8. The van der Waals surface area contributed by atoms with Crippen molar-refractivity contribution >= 4 is 36.0 Å². The highest BCUT2D eigenvalue weighted by Crippen LogP contribution is 2.39. The minimum atomic E-state index is -0.134. The Labute approximate surface area is 345 Å². The molecule has 2 unspecified atom stereocenters. The van der Waals surface area contributed by atoms with E-state index in [0.717, 1.165) is 47.9 Å². The minimum absolute atomic E-state index is 0.0812. The number of aldehydes is 1. The number of ether oxygens (including phenoxy) is 4. The molecule has 8 rings (SSSR count). The molecule has 3 aliphatic heterocycles. The summed E-state index contributed by atoms with van der Waals surface area (Å²) < 4.78 is 24.3. The number of aliphatic imine (C=N–C) groups is 2. The Hall–Kier alpha value is -6.30. The lowest BCUT2D eigenvalue weighted by atomic mass is 9.94. The van der Waals surface area contributed by atoms with Crippen LogP contribution in [0.15, 0.2) is 101 Å². The average Bonchev–Trinajstić information content (AvgIpc) is 3.37. The van der Waals surface area contributed by atoms with E-state index in [0.29, 0.717) is 58.6 Å². The first-order chi connectivity index (χ1) is 28.7. The largest absolute Gasteiger partial charge is 0.493 e. The second kappa shape index (κ2) is 17.3. The number of likely N-dealkylation sites (N-methyl/N-ethyl adjacent to an activating group) is 1. The normalized spacial score (nSPS) is 17.2. The van der Waals surface area contributed by atoms with Gasteiger partial charge in [-0.05, 0) is 91.1 Å². The van der Waals surface area contributed by atoms with E-state index in [-0.39, 0.29) is 31.2 Å². The molecule has 3 heterocycles. The van der Waals surface area contributed by atoms with Gasteiger partial charge in [-0.25, -0.2) is 0 Å². The lowest BCUT2D eigenvalue weighted by molar-refractivity contribution is 0.0703. The molecule has 11 heteroatoms. The van der Waals surface area contributed by atoms with E-state index in [1.54, 1.807) is 38.5 Å². The monoisotopic (exact) mass is 791 g/mol. The van der Waals surface area contributed by atoms with Gasteiger partial charge in [-0.1, -0.05) is 60.7 Å². The second-order valence-corrected chi connectivity index (χ2v) is 15.7. The summed E-state index contributed by atoms with van der Waals surface area (Å²) in [4.78, 5) is 42.0. The van der Waals surface area contributed by atoms with Crippen LogP contribution in [-0.4, -0.2) is 86.8 Å². The Morgan fingerprint density at radius 1 is 0.763 bits per heavy atom. The smallest absolute Gasteiger partial charge is 0.257 e. The van der Waals surface area contributed by atoms with Crippen molar-refractivity contribution in [3.63, 3.8) is 0 Å². The lowest BCUT2D eigenvalue weighted by Gasteiger charge is -2.34. The summed E-state index contributed by atoms with van der Waals surface area (Å²) in [6, 6.07) is 29.9. The fraction of sp³-hybridized carbons (Fsp3) is 0.292. The van der Waals surface area contributed by atoms with E-state index in [1.165, 1.54) is 16.7 Å². The quantitative estimate of drug-likeness (QED) is 0.0880. The van der Waals surface area contributed by atoms with Crippen molar-refractivity contribution in [3.8, 4) is 23.0 Å². The molecule has 0 saturated heterocycles. The van der Waals surface area contributed by atoms with E-state index in [2.05, 4.69) is 71.4 Å². The summed E-state index contributed by atoms with van der Waals surface area (Å²) in [5.74, 6) is 1.79. The number of carbonyl (C=O) groups excluding carboxylic acids is 2. The number of hydrogen-bond acceptors (Lipinski definition) is 10. The van der Waals surface area contributed by atoms with Crippen LogP contribution in [0.25, 0.3) is 0 Å². The number of benzene rings is 5. The number of fused-ring (bicyclic) bond motifs is 4. The van der Waals surface area contributed by atoms with E-state index < -0.39 is 0 Å². The summed E-state index contributed by atoms with van der Waals surface area (Å²) in [5, 5.41) is 0. The van der Waals surface area contributed by atoms with Crippen LogP contribution < -0.4 is 18.9 Å². The molecular weight excluding hydrogens is 743 g/mol. The highest BCUT2D eigenvalue weighted by molar-refractivity contribution is 6.03. The summed E-state index contributed by atoms with van der Waals surface area (Å²) in [7, 11) is 9.27. The van der Waals surface area contributed by atoms with E-state index in [1.807, 2.05) is 43.6 Å². The van der Waals surface area contributed by atoms with Crippen LogP contribution in [0.4, 0.5) is 11.4 Å². The van der Waals surface area contributed by atoms with Gasteiger partial charge in [0.15, 0.2) is 29.3 Å². The van der Waals surface area contributed by atoms with Crippen molar-refractivity contribution in [2.45, 2.75) is 57.8 Å². The van der Waals surface area contributed by atoms with Gasteiger partial charge in [0.1, 0.15) is 13.2 Å². The third-order valence-corrected chi connectivity index (χ3v) is 11.2. The molecule has 0 bridgehead atoms. The van der Waals surface area contributed by atoms with E-state index in [9.17, 15) is 9.59 Å². The first-order valence-electron chi connectivity index (χ1n) is 19.8. The van der Waals surface area contributed by atoms with Crippen LogP contribution in [0, 0.1) is 0 Å². The molecule has 0 spiro atoms. The van der Waals surface area contributed by atoms with Crippen molar-refractivity contribution in [2.24, 2.45) is 9.98 Å². The second-order valence-electron chi connectivity index (χ2n) is 15.7. The molecule has 2 atom stereocenters. The molecule has 0 fully saturated rings. The summed E-state index contributed by atoms with van der Waals surface area (Å²) in [6.45, 7) is 2.53. The molecule has 5 aromatic rings. The SMILES string of the molecule is COc1cc(C=O)c(N=CC2Cc3ccccc3CN2C)cc1OCc1cc(COc2cc3c(cc2OC)C(=O)N2Cc4ccccc4CC2C=N3)cc(CN(C)C)c1. The van der Waals surface area contributed by atoms with Gasteiger partial charge in [-0.2, -0.15) is 0 Å². The van der Waals surface area contributed by atoms with Crippen molar-refractivity contribution in [1.29, 1.82) is 0 Å². The number of hydrogen-bond donors (Lipinski definition) is 0. The van der Waals surface area contributed by atoms with Gasteiger partial charge >= 0.3 is 0 Å². The maximum absolute atomic E-state index is 13.9. The van der Waals surface area contributed by atoms with Crippen LogP contribution in [0.5, 0.6) is 23.0 Å². The number of nitrogens with zero attached hydrogens (tertiary/aromatic N) is 5. The third-order valence-electron chi connectivity index (χ3n) is 11.2. The van der Waals surface area contributed by atoms with Crippen LogP contribution >= 0.6 is 0 Å². The maximum atomic E-state index is 13.9. The van der Waals surface area contributed by atoms with Gasteiger partial charge in [0.25, 0.3) is 5.91 Å². The lowest BCUT2D eigenvalue weighted by Crippen LogP contribution is -2.44. The Morgan fingerprint density at radius 2 is 1.37 bits per heavy atom. The molecule has 0 radical (unpaired) electrons. The highest BCUT2D eigenvalue weighted by Gasteiger charge is 2.33. The van der Waals surface area contributed by atoms with Crippen LogP contribution in [0.2, 0.25) is 0 Å². The Morgan fingerprint density at radius 3 is 2.03 bits per heavy atom. The van der Waals surface area contributed by atoms with Gasteiger partial charge < -0.3 is 28.7 Å². The molecule has 1 amide bonds. The van der Waals surface area contributed by atoms with Crippen LogP contribution in [0.1, 0.15) is 59.7 Å². The Bertz CT molecular complexity index is 2440. The van der Waals surface area contributed by atoms with Gasteiger partial charge in [0.2, 0.25) is 0 Å². The van der Waals surface area contributed by atoms with E-state index >= 15 is 0 Å². The minimum Gasteiger partial charge on any atom is -0.493 e. The first kappa shape index (κ1) is 39.5. The summed E-state index contributed by atoms with van der Waals surface area (Å²) in [6.07, 6.45) is 6.14. The molecule has 0 N–H and O–H groups in total. The van der Waals surface area contributed by atoms with E-state index in [4.69, 9.17) is 28.9 Å². The molecular formula is C48H49N5O6. The molecule has 0 aromatic heterocycles. The standard InChI is InChI=1S/C48H49N5O6/c1-51(2)25-31-14-32(29-58-46-21-42(38(28-54)19-44(46)56-4)49-23-39-17-34-10-6-8-12-36(34)26-52(39)3)16-33(15-31)30-59-47-22-43-41(20-45(47)57-5)48(55)53-27-37-13-9-7-11-35(37)18-40(53)24-50-43/h6-16,19-24,28,39-40H,17-18,25-27,29-30H2,1-5H3. The van der Waals surface area contributed by atoms with Gasteiger partial charge in [0, 0.05) is 55.8 Å². The van der Waals surface area contributed by atoms with Crippen LogP contribution in [-0.2, 0) is 45.7 Å². The molecule has 59 heavy (non-hydrogen) atoms. The molecule has 5 aromatic carbocycles. The fourth-order valence-corrected chi connectivity index (χ4v) is 8.16. The molecule has 0 saturated carbocycles. The van der Waals surface area contributed by atoms with Crippen molar-refractivity contribution in [3.05, 3.63) is 141 Å². The Balaban J connectivity index is 1.01. The van der Waals surface area contributed by atoms with Gasteiger partial charge in [0.05, 0.1) is 37.2 Å². The van der Waals surface area contributed by atoms with Crippen molar-refractivity contribution in [2.75, 3.05) is 35.4 Å². The van der Waals surface area contributed by atoms with Crippen LogP contribution in [0.3, 0.4) is 0 Å². The number of amides is 1. The summed E-state index contributed by atoms with van der Waals surface area (Å²) >= 11 is 0. The zero-order valence-corrected chi connectivity index (χ0v) is 34.2. The average molecular weight is 792 g/mol. The summed E-state index contributed by atoms with van der Waals surface area (Å²) in [5.41, 5.74) is 9.93. The molecule has 11 nitrogen and oxygen atoms in total. The zero-order chi connectivity index (χ0) is 41.0. The zero-order valence-electron chi connectivity index (χ0n) is 34.2. The van der Waals surface area contributed by atoms with Crippen molar-refractivity contribution < 1.29 is 28.5 Å². The number of methoxy groups -OCH3 is 2. The van der Waals surface area contributed by atoms with Crippen molar-refractivity contribution in [1.82, 2.24) is 14.7 Å². The Kier molecular flexibility index (Phi) is 11.6. The molecule has 3 aliphatic rings. The fourth-order valence-electron chi connectivity index (χ4n) is 8.16. The third kappa shape index (κ3) is 8.62. The highest BCUT2D eigenvalue weighted by atomic mass is 16.5. The predicted molar refractivity (Wildman–Crippen MR) is 229 cm³/mol. The number of rotatable bonds is 13. The molecule has 0 aliphatic carbocycles. The van der Waals surface area contributed by atoms with Gasteiger partial charge in [-0.15, -0.1) is 0 Å². The topological polar surface area (TPSA) is 105 Å². The van der Waals surface area contributed by atoms with Gasteiger partial charge in [-0.3, -0.25) is 24.5 Å². The predicted octanol–water partition coefficient (Wildman–Crippen LogP) is 7.78.